The molecule has 2 aromatic rings. The van der Waals surface area contributed by atoms with E-state index in [-0.39, 0.29) is 17.3 Å². The average molecular weight is 251 g/mol. The lowest BCUT2D eigenvalue weighted by molar-refractivity contribution is 0.626. The number of halogens is 2. The quantitative estimate of drug-likeness (QED) is 0.682. The van der Waals surface area contributed by atoms with Crippen LogP contribution in [0.15, 0.2) is 48.5 Å². The van der Waals surface area contributed by atoms with Crippen LogP contribution >= 0.6 is 0 Å². The van der Waals surface area contributed by atoms with E-state index >= 15 is 0 Å². The molecule has 0 saturated carbocycles. The zero-order chi connectivity index (χ0) is 14.0. The van der Waals surface area contributed by atoms with Crippen LogP contribution in [0.4, 0.5) is 14.5 Å². The molecular weight excluding hydrogens is 232 g/mol. The van der Waals surface area contributed by atoms with Gasteiger partial charge in [0.1, 0.15) is 11.6 Å². The molecule has 0 atom stereocenters. The maximum absolute atomic E-state index is 12.2. The molecule has 1 nitrogen and oxygen atoms in total. The first kappa shape index (κ1) is 16.1. The average Bonchev–Trinajstić information content (AvgIpc) is 2.36. The van der Waals surface area contributed by atoms with E-state index in [1.165, 1.54) is 24.3 Å². The molecule has 3 heteroatoms. The van der Waals surface area contributed by atoms with Crippen LogP contribution in [0.25, 0.3) is 0 Å². The molecule has 0 fully saturated rings. The lowest BCUT2D eigenvalue weighted by Gasteiger charge is -1.89. The van der Waals surface area contributed by atoms with Crippen LogP contribution in [0, 0.1) is 18.6 Å². The number of para-hydroxylation sites is 1. The van der Waals surface area contributed by atoms with Crippen molar-refractivity contribution in [2.75, 3.05) is 5.73 Å². The van der Waals surface area contributed by atoms with E-state index in [9.17, 15) is 8.78 Å². The van der Waals surface area contributed by atoms with Gasteiger partial charge >= 0.3 is 0 Å². The molecule has 2 N–H and O–H groups in total. The monoisotopic (exact) mass is 251 g/mol. The van der Waals surface area contributed by atoms with E-state index in [0.29, 0.717) is 0 Å². The number of anilines is 1. The van der Waals surface area contributed by atoms with Crippen LogP contribution in [0.3, 0.4) is 0 Å². The summed E-state index contributed by atoms with van der Waals surface area (Å²) in [6.45, 7) is 5.86. The van der Waals surface area contributed by atoms with Crippen molar-refractivity contribution < 1.29 is 8.78 Å². The SMILES string of the molecule is CC.Cc1cccc(F)c1.Nc1ccccc1F. The van der Waals surface area contributed by atoms with Crippen LogP contribution in [0.1, 0.15) is 19.4 Å². The normalized spacial score (nSPS) is 8.50. The molecule has 98 valence electrons. The molecule has 0 radical (unpaired) electrons. The number of aryl methyl sites for hydroxylation is 1. The summed E-state index contributed by atoms with van der Waals surface area (Å²) in [5.74, 6) is -0.516. The Labute approximate surface area is 107 Å². The molecular formula is C15H19F2N. The standard InChI is InChI=1S/C7H7F.C6H6FN.C2H6/c1-6-3-2-4-7(8)5-6;7-5-3-1-2-4-6(5)8;1-2/h2-5H,1H3;1-4H,8H2;1-2H3. The smallest absolute Gasteiger partial charge is 0.146 e. The van der Waals surface area contributed by atoms with E-state index in [0.717, 1.165) is 5.56 Å². The van der Waals surface area contributed by atoms with Crippen LogP contribution in [-0.4, -0.2) is 0 Å². The predicted octanol–water partition coefficient (Wildman–Crippen LogP) is 4.57. The molecule has 0 aliphatic carbocycles. The second-order valence-electron chi connectivity index (χ2n) is 3.32. The van der Waals surface area contributed by atoms with Gasteiger partial charge in [-0.1, -0.05) is 38.1 Å². The Kier molecular flexibility index (Phi) is 8.20. The van der Waals surface area contributed by atoms with E-state index in [2.05, 4.69) is 0 Å². The molecule has 18 heavy (non-hydrogen) atoms. The van der Waals surface area contributed by atoms with Crippen molar-refractivity contribution in [3.8, 4) is 0 Å². The third-order valence-corrected chi connectivity index (χ3v) is 1.89. The molecule has 2 rings (SSSR count). The lowest BCUT2D eigenvalue weighted by atomic mass is 10.2. The second kappa shape index (κ2) is 9.16. The first-order valence-electron chi connectivity index (χ1n) is 5.82. The Hall–Kier alpha value is -1.90. The summed E-state index contributed by atoms with van der Waals surface area (Å²) in [6, 6.07) is 12.6. The molecule has 0 heterocycles. The van der Waals surface area contributed by atoms with Crippen LogP contribution < -0.4 is 5.73 Å². The van der Waals surface area contributed by atoms with Crippen molar-refractivity contribution in [1.82, 2.24) is 0 Å². The molecule has 0 aliphatic heterocycles. The molecule has 0 unspecified atom stereocenters. The third-order valence-electron chi connectivity index (χ3n) is 1.89. The molecule has 0 aliphatic rings. The van der Waals surface area contributed by atoms with E-state index in [1.54, 1.807) is 18.2 Å². The number of benzene rings is 2. The summed E-state index contributed by atoms with van der Waals surface area (Å²) < 4.78 is 24.4. The topological polar surface area (TPSA) is 26.0 Å². The van der Waals surface area contributed by atoms with Gasteiger partial charge in [0, 0.05) is 0 Å². The zero-order valence-corrected chi connectivity index (χ0v) is 11.0. The van der Waals surface area contributed by atoms with Crippen molar-refractivity contribution in [2.24, 2.45) is 0 Å². The maximum atomic E-state index is 12.2. The first-order valence-corrected chi connectivity index (χ1v) is 5.82. The van der Waals surface area contributed by atoms with Crippen molar-refractivity contribution in [3.05, 3.63) is 65.7 Å². The Bertz CT molecular complexity index is 418. The molecule has 0 amide bonds. The van der Waals surface area contributed by atoms with Gasteiger partial charge in [-0.25, -0.2) is 8.78 Å². The van der Waals surface area contributed by atoms with Gasteiger partial charge in [-0.05, 0) is 36.8 Å². The Morgan fingerprint density at radius 3 is 1.83 bits per heavy atom. The van der Waals surface area contributed by atoms with E-state index < -0.39 is 0 Å². The summed E-state index contributed by atoms with van der Waals surface area (Å²) in [4.78, 5) is 0. The molecule has 0 spiro atoms. The minimum Gasteiger partial charge on any atom is -0.396 e. The first-order chi connectivity index (χ1) is 8.59. The largest absolute Gasteiger partial charge is 0.396 e. The van der Waals surface area contributed by atoms with Gasteiger partial charge in [-0.2, -0.15) is 0 Å². The van der Waals surface area contributed by atoms with Gasteiger partial charge in [0.2, 0.25) is 0 Å². The summed E-state index contributed by atoms with van der Waals surface area (Å²) in [5.41, 5.74) is 6.31. The van der Waals surface area contributed by atoms with Crippen LogP contribution in [-0.2, 0) is 0 Å². The zero-order valence-electron chi connectivity index (χ0n) is 11.0. The van der Waals surface area contributed by atoms with Gasteiger partial charge < -0.3 is 5.73 Å². The molecule has 2 aromatic carbocycles. The number of nitrogens with two attached hydrogens (primary N) is 1. The Balaban J connectivity index is 0.000000283. The van der Waals surface area contributed by atoms with Gasteiger partial charge in [0.05, 0.1) is 5.69 Å². The molecule has 0 bridgehead atoms. The fourth-order valence-corrected chi connectivity index (χ4v) is 1.08. The highest BCUT2D eigenvalue weighted by Crippen LogP contribution is 2.05. The summed E-state index contributed by atoms with van der Waals surface area (Å²) in [6.07, 6.45) is 0. The molecule has 0 aromatic heterocycles. The van der Waals surface area contributed by atoms with E-state index in [4.69, 9.17) is 5.73 Å². The maximum Gasteiger partial charge on any atom is 0.146 e. The summed E-state index contributed by atoms with van der Waals surface area (Å²) in [7, 11) is 0. The third kappa shape index (κ3) is 6.63. The van der Waals surface area contributed by atoms with E-state index in [1.807, 2.05) is 26.8 Å². The number of hydrogen-bond acceptors (Lipinski definition) is 1. The van der Waals surface area contributed by atoms with Crippen LogP contribution in [0.5, 0.6) is 0 Å². The van der Waals surface area contributed by atoms with Gasteiger partial charge in [0.25, 0.3) is 0 Å². The fourth-order valence-electron chi connectivity index (χ4n) is 1.08. The number of hydrogen-bond donors (Lipinski definition) is 1. The fraction of sp³-hybridized carbons (Fsp3) is 0.200. The van der Waals surface area contributed by atoms with Gasteiger partial charge in [-0.3, -0.25) is 0 Å². The van der Waals surface area contributed by atoms with Gasteiger partial charge in [-0.15, -0.1) is 0 Å². The number of rotatable bonds is 0. The molecule has 0 saturated heterocycles. The Morgan fingerprint density at radius 2 is 1.50 bits per heavy atom. The predicted molar refractivity (Wildman–Crippen MR) is 73.3 cm³/mol. The minimum atomic E-state index is -0.354. The Morgan fingerprint density at radius 1 is 0.889 bits per heavy atom. The van der Waals surface area contributed by atoms with Crippen molar-refractivity contribution in [2.45, 2.75) is 20.8 Å². The summed E-state index contributed by atoms with van der Waals surface area (Å²) >= 11 is 0. The second-order valence-corrected chi connectivity index (χ2v) is 3.32. The van der Waals surface area contributed by atoms with Gasteiger partial charge in [0.15, 0.2) is 0 Å². The van der Waals surface area contributed by atoms with Crippen LogP contribution in [0.2, 0.25) is 0 Å². The minimum absolute atomic E-state index is 0.162. The van der Waals surface area contributed by atoms with Crippen molar-refractivity contribution in [1.29, 1.82) is 0 Å². The van der Waals surface area contributed by atoms with Crippen molar-refractivity contribution in [3.63, 3.8) is 0 Å². The van der Waals surface area contributed by atoms with Crippen molar-refractivity contribution >= 4 is 5.69 Å². The highest BCUT2D eigenvalue weighted by atomic mass is 19.1. The number of nitrogen functional groups attached to an aromatic ring is 1. The highest BCUT2D eigenvalue weighted by molar-refractivity contribution is 5.38. The highest BCUT2D eigenvalue weighted by Gasteiger charge is 1.89. The summed E-state index contributed by atoms with van der Waals surface area (Å²) in [5, 5.41) is 0. The lowest BCUT2D eigenvalue weighted by Crippen LogP contribution is -1.86.